The van der Waals surface area contributed by atoms with Gasteiger partial charge in [-0.1, -0.05) is 106 Å². The van der Waals surface area contributed by atoms with Gasteiger partial charge in [0.05, 0.1) is 59.4 Å². The fraction of sp³-hybridized carbons (Fsp3) is 0.283. The first kappa shape index (κ1) is 71.7. The highest BCUT2D eigenvalue weighted by atomic mass is 35.5. The molecule has 2 atom stereocenters. The number of ether oxygens (including phenoxy) is 4. The molecule has 0 bridgehead atoms. The number of furan rings is 4. The number of carbonyl (C=O) groups excluding carboxylic acids is 4. The van der Waals surface area contributed by atoms with Gasteiger partial charge in [-0.15, -0.1) is 0 Å². The summed E-state index contributed by atoms with van der Waals surface area (Å²) in [4.78, 5) is 59.4. The summed E-state index contributed by atoms with van der Waals surface area (Å²) in [6.45, 7) is 5.48. The van der Waals surface area contributed by atoms with Gasteiger partial charge in [0.1, 0.15) is 41.6 Å². The monoisotopic (exact) mass is 1430 g/mol. The summed E-state index contributed by atoms with van der Waals surface area (Å²) in [5.41, 5.74) is 1.05. The lowest BCUT2D eigenvalue weighted by Gasteiger charge is -2.30. The molecule has 1 fully saturated rings. The first-order chi connectivity index (χ1) is 42.5. The molecule has 91 heavy (non-hydrogen) atoms. The van der Waals surface area contributed by atoms with E-state index in [0.717, 1.165) is 44.1 Å². The summed E-state index contributed by atoms with van der Waals surface area (Å²) < 4.78 is 125. The molecule has 11 rings (SSSR count). The van der Waals surface area contributed by atoms with Gasteiger partial charge in [0.15, 0.2) is 34.5 Å². The molecule has 0 radical (unpaired) electrons. The van der Waals surface area contributed by atoms with E-state index in [4.69, 9.17) is 125 Å². The lowest BCUT2D eigenvalue weighted by atomic mass is 10.0. The number of carbonyl (C=O) groups is 5. The molecule has 1 amide bonds. The number of likely N-dealkylation sites (tertiary alicyclic amines) is 1. The number of hydrogen-bond donors (Lipinski definition) is 3. The van der Waals surface area contributed by atoms with E-state index in [9.17, 15) is 46.6 Å². The molecule has 2 aliphatic rings. The van der Waals surface area contributed by atoms with Crippen LogP contribution in [0.2, 0.25) is 40.2 Å². The van der Waals surface area contributed by atoms with Crippen molar-refractivity contribution in [3.63, 3.8) is 0 Å². The van der Waals surface area contributed by atoms with Crippen LogP contribution in [0.5, 0.6) is 11.5 Å². The number of nitrogens with one attached hydrogen (secondary N) is 1. The number of aliphatic carboxylic acids is 1. The number of rotatable bonds is 15. The number of benzene rings is 5. The second-order valence-electron chi connectivity index (χ2n) is 19.3. The molecule has 5 aromatic carbocycles. The number of fused-ring (bicyclic) bond motifs is 5. The Hall–Kier alpha value is -6.77. The van der Waals surface area contributed by atoms with Crippen LogP contribution in [0.15, 0.2) is 109 Å². The topological polar surface area (TPSA) is 231 Å². The van der Waals surface area contributed by atoms with Crippen LogP contribution in [0, 0.1) is 0 Å². The molecule has 0 unspecified atom stereocenters. The summed E-state index contributed by atoms with van der Waals surface area (Å²) in [6.07, 6.45) is 0.642. The van der Waals surface area contributed by atoms with E-state index in [-0.39, 0.29) is 101 Å². The number of ketones is 1. The number of alkyl halides is 6. The summed E-state index contributed by atoms with van der Waals surface area (Å²) in [5.74, 6) is -21.2. The molecule has 9 aromatic rings. The predicted octanol–water partition coefficient (Wildman–Crippen LogP) is 17.3. The maximum atomic E-state index is 15.3. The summed E-state index contributed by atoms with van der Waals surface area (Å²) >= 11 is 47.0. The van der Waals surface area contributed by atoms with Gasteiger partial charge in [0.2, 0.25) is 0 Å². The average Bonchev–Trinajstić information content (AvgIpc) is 1.73. The number of halogens is 14. The van der Waals surface area contributed by atoms with Gasteiger partial charge in [-0.2, -0.15) is 26.3 Å². The van der Waals surface area contributed by atoms with Crippen molar-refractivity contribution in [1.82, 2.24) is 10.2 Å². The summed E-state index contributed by atoms with van der Waals surface area (Å²) in [7, 11) is 0. The van der Waals surface area contributed by atoms with Crippen LogP contribution in [-0.4, -0.2) is 96.8 Å². The standard InChI is InChI=1S/C25H24Cl2F2N2O5.C12H8Cl2F2O3.C12H8Cl2O4.C10H4Cl2F2O3.CH4/c26-16-4-6-18-15(22(16)27)12-21(36-18)25(28,29)24(33)30-17(13-31-7-1-2-8-31)23(32)14-3-5-19-20(11-14)35-10-9-34-19;1-2-18-11(17)12(15,16)9-5-6-8(19-9)4-3-7(13)10(6)14;1-2-17-12(16)11(15)9-5-6-8(18-9)4-3-7(13)10(6)14;11-5-1-2-6-4(8(5)12)3-7(17-6)10(13,14)9(15)16;/h3-6,11-12,17,23,32H,1-2,7-10,13H2,(H,30,33);3-5H,2H2,1H3;3-5H,2H2,1H3;1-3H,(H,15,16);1H4/t17-,23-;;;;/m1..../s1. The number of aliphatic hydroxyl groups is 1. The highest BCUT2D eigenvalue weighted by molar-refractivity contribution is 6.47. The SMILES string of the molecule is C.CCOC(=O)C(=O)c1cc2c(Cl)c(Cl)ccc2o1.CCOC(=O)C(F)(F)c1cc2c(Cl)c(Cl)ccc2o1.O=C(N[C@H](CN1CCCC1)[C@H](O)c1ccc2c(c1)OCCO2)C(F)(F)c1cc2c(Cl)c(Cl)ccc2o1.O=C(O)C(F)(F)c1cc2c(Cl)c(Cl)ccc2o1. The van der Waals surface area contributed by atoms with Gasteiger partial charge in [0, 0.05) is 28.1 Å². The Balaban J connectivity index is 0.000000183. The molecule has 0 aliphatic carbocycles. The highest BCUT2D eigenvalue weighted by Gasteiger charge is 2.48. The van der Waals surface area contributed by atoms with Crippen molar-refractivity contribution in [2.24, 2.45) is 0 Å². The van der Waals surface area contributed by atoms with E-state index in [1.165, 1.54) is 49.4 Å². The Labute approximate surface area is 551 Å². The largest absolute Gasteiger partial charge is 0.486 e. The lowest BCUT2D eigenvalue weighted by molar-refractivity contribution is -0.175. The maximum Gasteiger partial charge on any atom is 0.399 e. The van der Waals surface area contributed by atoms with Crippen molar-refractivity contribution < 1.29 is 97.1 Å². The lowest BCUT2D eigenvalue weighted by Crippen LogP contribution is -2.50. The first-order valence-electron chi connectivity index (χ1n) is 26.4. The van der Waals surface area contributed by atoms with E-state index in [1.54, 1.807) is 37.3 Å². The minimum Gasteiger partial charge on any atom is -0.486 e. The Bertz CT molecular complexity index is 4190. The number of carboxylic acids is 1. The quantitative estimate of drug-likeness (QED) is 0.0375. The molecule has 1 saturated heterocycles. The van der Waals surface area contributed by atoms with Gasteiger partial charge in [-0.25, -0.2) is 14.4 Å². The molecule has 17 nitrogen and oxygen atoms in total. The number of esters is 2. The molecular formula is C60H48Cl8F6N2O15. The second kappa shape index (κ2) is 29.9. The molecule has 6 heterocycles. The van der Waals surface area contributed by atoms with Crippen LogP contribution >= 0.6 is 92.8 Å². The van der Waals surface area contributed by atoms with E-state index in [0.29, 0.717) is 46.3 Å². The van der Waals surface area contributed by atoms with Crippen LogP contribution in [0.1, 0.15) is 73.6 Å². The maximum absolute atomic E-state index is 15.3. The van der Waals surface area contributed by atoms with Gasteiger partial charge in [0.25, 0.3) is 5.91 Å². The molecule has 0 saturated carbocycles. The van der Waals surface area contributed by atoms with E-state index in [1.807, 2.05) is 4.90 Å². The number of amides is 1. The molecule has 31 heteroatoms. The zero-order valence-electron chi connectivity index (χ0n) is 46.1. The Morgan fingerprint density at radius 1 is 0.560 bits per heavy atom. The van der Waals surface area contributed by atoms with Crippen molar-refractivity contribution in [3.05, 3.63) is 160 Å². The number of aliphatic hydroxyl groups excluding tert-OH is 1. The van der Waals surface area contributed by atoms with Crippen LogP contribution in [0.3, 0.4) is 0 Å². The Morgan fingerprint density at radius 2 is 0.978 bits per heavy atom. The summed E-state index contributed by atoms with van der Waals surface area (Å²) in [6, 6.07) is 19.6. The van der Waals surface area contributed by atoms with Gasteiger partial charge >= 0.3 is 41.5 Å². The van der Waals surface area contributed by atoms with Crippen molar-refractivity contribution >= 4 is 166 Å². The number of carboxylic acid groups (broad SMARTS) is 1. The molecule has 0 spiro atoms. The van der Waals surface area contributed by atoms with Crippen LogP contribution in [0.25, 0.3) is 43.9 Å². The van der Waals surface area contributed by atoms with Gasteiger partial charge in [-0.05, 0) is 130 Å². The molecule has 3 N–H and O–H groups in total. The zero-order valence-corrected chi connectivity index (χ0v) is 52.2. The van der Waals surface area contributed by atoms with E-state index in [2.05, 4.69) is 14.8 Å². The molecule has 486 valence electrons. The van der Waals surface area contributed by atoms with Crippen LogP contribution in [0.4, 0.5) is 26.3 Å². The third-order valence-electron chi connectivity index (χ3n) is 13.3. The van der Waals surface area contributed by atoms with E-state index >= 15 is 8.78 Å². The predicted molar refractivity (Wildman–Crippen MR) is 329 cm³/mol. The average molecular weight is 1430 g/mol. The number of Topliss-reactive ketones (excluding diaryl/α,β-unsaturated/α-hetero) is 1. The Morgan fingerprint density at radius 3 is 1.43 bits per heavy atom. The fourth-order valence-electron chi connectivity index (χ4n) is 8.82. The smallest absolute Gasteiger partial charge is 0.399 e. The fourth-order valence-corrected chi connectivity index (χ4v) is 10.3. The number of hydrogen-bond acceptors (Lipinski definition) is 15. The van der Waals surface area contributed by atoms with Gasteiger partial charge in [-0.3, -0.25) is 9.59 Å². The molecule has 2 aliphatic heterocycles. The van der Waals surface area contributed by atoms with Crippen molar-refractivity contribution in [1.29, 1.82) is 0 Å². The van der Waals surface area contributed by atoms with Crippen LogP contribution < -0.4 is 14.8 Å². The number of nitrogens with zero attached hydrogens (tertiary/aromatic N) is 1. The minimum atomic E-state index is -4.10. The van der Waals surface area contributed by atoms with Gasteiger partial charge < -0.3 is 57.0 Å². The summed E-state index contributed by atoms with van der Waals surface area (Å²) in [5, 5.41) is 24.3. The minimum absolute atomic E-state index is 0. The first-order valence-corrected chi connectivity index (χ1v) is 29.4. The van der Waals surface area contributed by atoms with Crippen LogP contribution in [-0.2, 0) is 46.4 Å². The normalized spacial score (nSPS) is 13.9. The van der Waals surface area contributed by atoms with Crippen molar-refractivity contribution in [2.75, 3.05) is 46.1 Å². The zero-order chi connectivity index (χ0) is 65.7. The highest BCUT2D eigenvalue weighted by Crippen LogP contribution is 2.43. The third-order valence-corrected chi connectivity index (χ3v) is 16.6. The van der Waals surface area contributed by atoms with Crippen molar-refractivity contribution in [2.45, 2.75) is 64.0 Å². The van der Waals surface area contributed by atoms with E-state index < -0.39 is 76.8 Å². The molecule has 4 aromatic heterocycles. The second-order valence-corrected chi connectivity index (χ2v) is 22.4. The third kappa shape index (κ3) is 15.8. The molecular weight excluding hydrogens is 1390 g/mol. The van der Waals surface area contributed by atoms with Crippen molar-refractivity contribution in [3.8, 4) is 11.5 Å². The Kier molecular flexibility index (Phi) is 23.5.